The number of β-lactam (4-membered cyclic amide) rings is 1. The zero-order valence-corrected chi connectivity index (χ0v) is 16.0. The molecule has 0 aromatic carbocycles. The number of carboxylic acid groups (broad SMARTS) is 1. The first-order chi connectivity index (χ1) is 12.3. The average molecular weight is 392 g/mol. The van der Waals surface area contributed by atoms with Crippen LogP contribution >= 0.6 is 23.1 Å². The van der Waals surface area contributed by atoms with Crippen molar-refractivity contribution in [3.63, 3.8) is 0 Å². The lowest BCUT2D eigenvalue weighted by Gasteiger charge is -2.46. The molecule has 9 heteroatoms. The van der Waals surface area contributed by atoms with Gasteiger partial charge in [0.05, 0.1) is 23.6 Å². The van der Waals surface area contributed by atoms with Gasteiger partial charge in [0, 0.05) is 16.9 Å². The van der Waals surface area contributed by atoms with Gasteiger partial charge in [0.1, 0.15) is 17.4 Å². The largest absolute Gasteiger partial charge is 0.477 e. The molecule has 4 unspecified atom stereocenters. The number of nitrogens with zero attached hydrogens (tertiary/aromatic N) is 3. The Morgan fingerprint density at radius 2 is 2.23 bits per heavy atom. The normalized spacial score (nSPS) is 26.2. The van der Waals surface area contributed by atoms with Crippen LogP contribution in [0, 0.1) is 11.8 Å². The molecule has 4 atom stereocenters. The fourth-order valence-corrected chi connectivity index (χ4v) is 6.16. The summed E-state index contributed by atoms with van der Waals surface area (Å²) < 4.78 is 3.70. The van der Waals surface area contributed by atoms with E-state index in [0.717, 1.165) is 14.6 Å². The molecule has 26 heavy (non-hydrogen) atoms. The van der Waals surface area contributed by atoms with Gasteiger partial charge >= 0.3 is 5.97 Å². The minimum Gasteiger partial charge on any atom is -0.477 e. The summed E-state index contributed by atoms with van der Waals surface area (Å²) in [6, 6.07) is 1.61. The SMILES string of the molecule is CC(O)C1C(=O)N2C(C(=O)O)=C(Sc3nc4cc[n+](C)cc4s3)C(C)C12. The van der Waals surface area contributed by atoms with E-state index < -0.39 is 18.0 Å². The number of aliphatic hydroxyl groups is 1. The number of fused-ring (bicyclic) bond motifs is 2. The Balaban J connectivity index is 1.72. The number of rotatable bonds is 4. The van der Waals surface area contributed by atoms with Crippen molar-refractivity contribution in [1.29, 1.82) is 0 Å². The van der Waals surface area contributed by atoms with Crippen LogP contribution in [0.5, 0.6) is 0 Å². The van der Waals surface area contributed by atoms with Gasteiger partial charge in [-0.3, -0.25) is 4.79 Å². The lowest BCUT2D eigenvalue weighted by atomic mass is 9.79. The molecule has 2 aliphatic heterocycles. The molecule has 2 aromatic rings. The Labute approximate surface area is 158 Å². The van der Waals surface area contributed by atoms with Crippen molar-refractivity contribution < 1.29 is 24.4 Å². The van der Waals surface area contributed by atoms with Crippen LogP contribution in [-0.4, -0.2) is 44.1 Å². The van der Waals surface area contributed by atoms with Crippen molar-refractivity contribution in [2.24, 2.45) is 18.9 Å². The van der Waals surface area contributed by atoms with Gasteiger partial charge in [0.25, 0.3) is 0 Å². The third-order valence-electron chi connectivity index (χ3n) is 4.96. The summed E-state index contributed by atoms with van der Waals surface area (Å²) >= 11 is 2.81. The molecule has 4 heterocycles. The third kappa shape index (κ3) is 2.45. The summed E-state index contributed by atoms with van der Waals surface area (Å²) in [7, 11) is 1.93. The molecule has 2 aromatic heterocycles. The molecular formula is C17H18N3O4S2+. The predicted octanol–water partition coefficient (Wildman–Crippen LogP) is 1.37. The first-order valence-corrected chi connectivity index (χ1v) is 9.85. The van der Waals surface area contributed by atoms with Gasteiger partial charge in [-0.1, -0.05) is 18.7 Å². The molecule has 1 saturated heterocycles. The van der Waals surface area contributed by atoms with Crippen LogP contribution in [0.15, 0.2) is 33.4 Å². The van der Waals surface area contributed by atoms with Gasteiger partial charge in [-0.05, 0) is 6.92 Å². The molecule has 0 saturated carbocycles. The van der Waals surface area contributed by atoms with Crippen molar-refractivity contribution in [3.8, 4) is 0 Å². The van der Waals surface area contributed by atoms with Crippen LogP contribution in [0.25, 0.3) is 10.2 Å². The summed E-state index contributed by atoms with van der Waals surface area (Å²) in [5, 5.41) is 19.6. The first-order valence-electron chi connectivity index (χ1n) is 8.22. The maximum Gasteiger partial charge on any atom is 0.353 e. The highest BCUT2D eigenvalue weighted by Gasteiger charge is 2.60. The zero-order chi connectivity index (χ0) is 18.7. The summed E-state index contributed by atoms with van der Waals surface area (Å²) in [5.74, 6) is -2.15. The Bertz CT molecular complexity index is 968. The van der Waals surface area contributed by atoms with Crippen molar-refractivity contribution in [2.75, 3.05) is 0 Å². The maximum atomic E-state index is 12.4. The highest BCUT2D eigenvalue weighted by molar-refractivity contribution is 8.04. The molecule has 0 bridgehead atoms. The highest BCUT2D eigenvalue weighted by atomic mass is 32.2. The molecule has 0 radical (unpaired) electrons. The molecule has 7 nitrogen and oxygen atoms in total. The summed E-state index contributed by atoms with van der Waals surface area (Å²) in [6.07, 6.45) is 3.09. The number of pyridine rings is 1. The lowest BCUT2D eigenvalue weighted by Crippen LogP contribution is -2.63. The van der Waals surface area contributed by atoms with Crippen molar-refractivity contribution in [1.82, 2.24) is 9.88 Å². The smallest absolute Gasteiger partial charge is 0.353 e. The monoisotopic (exact) mass is 392 g/mol. The quantitative estimate of drug-likeness (QED) is 0.603. The number of carbonyl (C=O) groups is 2. The van der Waals surface area contributed by atoms with Crippen molar-refractivity contribution in [3.05, 3.63) is 29.1 Å². The Morgan fingerprint density at radius 3 is 2.88 bits per heavy atom. The van der Waals surface area contributed by atoms with Crippen molar-refractivity contribution in [2.45, 2.75) is 30.3 Å². The fraction of sp³-hybridized carbons (Fsp3) is 0.412. The second kappa shape index (κ2) is 6.04. The first kappa shape index (κ1) is 17.4. The number of thiazole rings is 1. The maximum absolute atomic E-state index is 12.4. The number of hydrogen-bond acceptors (Lipinski definition) is 6. The number of hydrogen-bond donors (Lipinski definition) is 2. The predicted molar refractivity (Wildman–Crippen MR) is 96.3 cm³/mol. The standard InChI is InChI=1S/C17H17N3O4S2/c1-7-12-11(8(2)21)15(22)20(12)13(16(23)24)14(7)26-17-18-9-4-5-19(3)6-10(9)25-17/h4-8,11-12,21H,1-3H3/p+1. The second-order valence-electron chi connectivity index (χ2n) is 6.71. The number of thioether (sulfide) groups is 1. The van der Waals surface area contributed by atoms with Gasteiger partial charge in [-0.25, -0.2) is 14.3 Å². The fourth-order valence-electron chi connectivity index (χ4n) is 3.75. The lowest BCUT2D eigenvalue weighted by molar-refractivity contribution is -0.670. The Kier molecular flexibility index (Phi) is 4.05. The average Bonchev–Trinajstić information content (AvgIpc) is 3.05. The molecule has 0 aliphatic carbocycles. The Morgan fingerprint density at radius 1 is 1.50 bits per heavy atom. The molecule has 2 aliphatic rings. The number of amides is 1. The van der Waals surface area contributed by atoms with Crippen LogP contribution in [0.1, 0.15) is 13.8 Å². The van der Waals surface area contributed by atoms with Crippen LogP contribution in [-0.2, 0) is 16.6 Å². The summed E-state index contributed by atoms with van der Waals surface area (Å²) in [6.45, 7) is 3.48. The van der Waals surface area contributed by atoms with Gasteiger partial charge in [0.2, 0.25) is 5.91 Å². The molecule has 0 spiro atoms. The van der Waals surface area contributed by atoms with Crippen LogP contribution in [0.3, 0.4) is 0 Å². The van der Waals surface area contributed by atoms with E-state index in [9.17, 15) is 19.8 Å². The van der Waals surface area contributed by atoms with E-state index in [1.807, 2.05) is 37.0 Å². The van der Waals surface area contributed by atoms with E-state index >= 15 is 0 Å². The number of aryl methyl sites for hydroxylation is 1. The van der Waals surface area contributed by atoms with E-state index in [0.29, 0.717) is 4.91 Å². The molecule has 1 fully saturated rings. The van der Waals surface area contributed by atoms with Crippen LogP contribution < -0.4 is 4.57 Å². The van der Waals surface area contributed by atoms with E-state index in [-0.39, 0.29) is 23.6 Å². The molecule has 4 rings (SSSR count). The minimum atomic E-state index is -1.12. The van der Waals surface area contributed by atoms with Gasteiger partial charge in [-0.15, -0.1) is 11.3 Å². The second-order valence-corrected chi connectivity index (χ2v) is 9.03. The van der Waals surface area contributed by atoms with Gasteiger partial charge < -0.3 is 15.1 Å². The topological polar surface area (TPSA) is 94.6 Å². The summed E-state index contributed by atoms with van der Waals surface area (Å²) in [5.41, 5.74) is 0.888. The van der Waals surface area contributed by atoms with E-state index in [1.165, 1.54) is 28.0 Å². The molecular weight excluding hydrogens is 374 g/mol. The minimum absolute atomic E-state index is 0.0270. The number of carbonyl (C=O) groups excluding carboxylic acids is 1. The van der Waals surface area contributed by atoms with E-state index in [2.05, 4.69) is 4.98 Å². The highest BCUT2D eigenvalue weighted by Crippen LogP contribution is 2.52. The van der Waals surface area contributed by atoms with E-state index in [4.69, 9.17) is 0 Å². The van der Waals surface area contributed by atoms with Crippen LogP contribution in [0.4, 0.5) is 0 Å². The van der Waals surface area contributed by atoms with Crippen molar-refractivity contribution >= 4 is 45.2 Å². The van der Waals surface area contributed by atoms with Gasteiger partial charge in [0.15, 0.2) is 16.7 Å². The van der Waals surface area contributed by atoms with E-state index in [1.54, 1.807) is 6.92 Å². The molecule has 136 valence electrons. The number of aromatic nitrogens is 2. The number of carboxylic acids is 1. The molecule has 1 amide bonds. The Hall–Kier alpha value is -1.97. The third-order valence-corrected chi connectivity index (χ3v) is 7.31. The van der Waals surface area contributed by atoms with Crippen LogP contribution in [0.2, 0.25) is 0 Å². The summed E-state index contributed by atoms with van der Waals surface area (Å²) in [4.78, 5) is 30.7. The number of aliphatic carboxylic acids is 1. The molecule has 2 N–H and O–H groups in total. The number of aliphatic hydroxyl groups excluding tert-OH is 1. The zero-order valence-electron chi connectivity index (χ0n) is 14.4. The van der Waals surface area contributed by atoms with Gasteiger partial charge in [-0.2, -0.15) is 0 Å².